The topological polar surface area (TPSA) is 170 Å². The van der Waals surface area contributed by atoms with Crippen molar-refractivity contribution in [2.24, 2.45) is 0 Å². The van der Waals surface area contributed by atoms with Crippen molar-refractivity contribution in [3.05, 3.63) is 46.6 Å². The summed E-state index contributed by atoms with van der Waals surface area (Å²) in [4.78, 5) is 64.9. The maximum atomic E-state index is 13.0. The van der Waals surface area contributed by atoms with E-state index >= 15 is 0 Å². The van der Waals surface area contributed by atoms with Crippen LogP contribution in [0.2, 0.25) is 0 Å². The number of hydrogen-bond donors (Lipinski definition) is 1. The van der Waals surface area contributed by atoms with Crippen LogP contribution in [0.1, 0.15) is 27.7 Å². The normalized spacial score (nSPS) is 22.6. The van der Waals surface area contributed by atoms with Crippen LogP contribution in [0.3, 0.4) is 0 Å². The third-order valence-corrected chi connectivity index (χ3v) is 5.68. The molecule has 2 heterocycles. The SMILES string of the molecule is CC(=O)OC[C@H]1O[C@@H](Nc2cc3nc4ccccc4oc-3cc2=O)[C@H](OC(C)=O)[C@@H](OC(C)=O)[C@@H]1OC(C)=O. The predicted molar refractivity (Wildman–Crippen MR) is 132 cm³/mol. The molecule has 0 saturated carbocycles. The number of para-hydroxylation sites is 2. The van der Waals surface area contributed by atoms with Gasteiger partial charge in [-0.05, 0) is 18.2 Å². The van der Waals surface area contributed by atoms with Crippen LogP contribution < -0.4 is 10.7 Å². The second kappa shape index (κ2) is 11.5. The molecule has 1 aromatic rings. The summed E-state index contributed by atoms with van der Waals surface area (Å²) >= 11 is 0. The first-order chi connectivity index (χ1) is 18.5. The quantitative estimate of drug-likeness (QED) is 0.261. The molecule has 1 aliphatic carbocycles. The monoisotopic (exact) mass is 542 g/mol. The molecule has 2 aliphatic heterocycles. The van der Waals surface area contributed by atoms with Gasteiger partial charge < -0.3 is 33.4 Å². The maximum Gasteiger partial charge on any atom is 0.303 e. The van der Waals surface area contributed by atoms with E-state index in [4.69, 9.17) is 28.1 Å². The number of nitrogens with zero attached hydrogens (tertiary/aromatic N) is 1. The molecule has 1 fully saturated rings. The molecule has 13 nitrogen and oxygen atoms in total. The van der Waals surface area contributed by atoms with Crippen LogP contribution in [-0.2, 0) is 42.9 Å². The van der Waals surface area contributed by atoms with Crippen LogP contribution in [-0.4, -0.2) is 66.1 Å². The second-order valence-electron chi connectivity index (χ2n) is 8.76. The van der Waals surface area contributed by atoms with E-state index in [0.29, 0.717) is 16.8 Å². The molecule has 0 radical (unpaired) electrons. The first kappa shape index (κ1) is 27.5. The molecule has 0 amide bonds. The summed E-state index contributed by atoms with van der Waals surface area (Å²) in [5, 5.41) is 2.87. The summed E-state index contributed by atoms with van der Waals surface area (Å²) in [7, 11) is 0. The van der Waals surface area contributed by atoms with Crippen molar-refractivity contribution in [1.29, 1.82) is 0 Å². The van der Waals surface area contributed by atoms with E-state index in [0.717, 1.165) is 20.8 Å². The maximum absolute atomic E-state index is 13.0. The fraction of sp³-hybridized carbons (Fsp3) is 0.385. The van der Waals surface area contributed by atoms with Crippen LogP contribution in [0.25, 0.3) is 22.6 Å². The van der Waals surface area contributed by atoms with Gasteiger partial charge in [0.1, 0.15) is 23.9 Å². The molecule has 0 aromatic heterocycles. The number of ether oxygens (including phenoxy) is 5. The van der Waals surface area contributed by atoms with Crippen LogP contribution in [0, 0.1) is 0 Å². The molecule has 3 aliphatic rings. The van der Waals surface area contributed by atoms with Gasteiger partial charge in [-0.25, -0.2) is 4.98 Å². The lowest BCUT2D eigenvalue weighted by Gasteiger charge is -2.44. The highest BCUT2D eigenvalue weighted by molar-refractivity contribution is 5.77. The van der Waals surface area contributed by atoms with Crippen LogP contribution >= 0.6 is 0 Å². The van der Waals surface area contributed by atoms with E-state index in [1.807, 2.05) is 0 Å². The lowest BCUT2D eigenvalue weighted by molar-refractivity contribution is -0.247. The largest absolute Gasteiger partial charge is 0.463 e. The van der Waals surface area contributed by atoms with Crippen LogP contribution in [0.15, 0.2) is 45.6 Å². The Morgan fingerprint density at radius 3 is 2.18 bits per heavy atom. The smallest absolute Gasteiger partial charge is 0.303 e. The van der Waals surface area contributed by atoms with Gasteiger partial charge in [0, 0.05) is 33.8 Å². The highest BCUT2D eigenvalue weighted by Gasteiger charge is 2.52. The van der Waals surface area contributed by atoms with Gasteiger partial charge in [0.25, 0.3) is 0 Å². The molecule has 39 heavy (non-hydrogen) atoms. The Hall–Kier alpha value is -4.52. The third kappa shape index (κ3) is 6.49. The minimum Gasteiger partial charge on any atom is -0.463 e. The molecule has 13 heteroatoms. The fourth-order valence-corrected chi connectivity index (χ4v) is 4.21. The number of hydrogen-bond acceptors (Lipinski definition) is 13. The Morgan fingerprint density at radius 2 is 1.51 bits per heavy atom. The molecule has 1 N–H and O–H groups in total. The van der Waals surface area contributed by atoms with E-state index in [2.05, 4.69) is 10.3 Å². The average molecular weight is 542 g/mol. The Bertz CT molecular complexity index is 1430. The molecule has 206 valence electrons. The number of esters is 4. The number of anilines is 1. The van der Waals surface area contributed by atoms with Gasteiger partial charge in [0.05, 0.1) is 5.69 Å². The van der Waals surface area contributed by atoms with E-state index < -0.39 is 66.6 Å². The van der Waals surface area contributed by atoms with Gasteiger partial charge in [-0.1, -0.05) is 12.1 Å². The Morgan fingerprint density at radius 1 is 0.872 bits per heavy atom. The molecule has 1 saturated heterocycles. The van der Waals surface area contributed by atoms with E-state index in [9.17, 15) is 24.0 Å². The summed E-state index contributed by atoms with van der Waals surface area (Å²) in [5.41, 5.74) is 0.894. The molecule has 4 rings (SSSR count). The third-order valence-electron chi connectivity index (χ3n) is 5.68. The van der Waals surface area contributed by atoms with Crippen molar-refractivity contribution in [3.63, 3.8) is 0 Å². The minimum absolute atomic E-state index is 0.00128. The van der Waals surface area contributed by atoms with E-state index in [-0.39, 0.29) is 11.4 Å². The highest BCUT2D eigenvalue weighted by Crippen LogP contribution is 2.31. The summed E-state index contributed by atoms with van der Waals surface area (Å²) in [6.45, 7) is 4.14. The fourth-order valence-electron chi connectivity index (χ4n) is 4.21. The number of carbonyl (C=O) groups excluding carboxylic acids is 4. The molecular weight excluding hydrogens is 516 g/mol. The average Bonchev–Trinajstić information content (AvgIpc) is 2.85. The van der Waals surface area contributed by atoms with Gasteiger partial charge in [-0.2, -0.15) is 0 Å². The standard InChI is InChI=1S/C26H26N2O11/c1-12(29)34-11-22-23(35-13(2)30)24(36-14(3)31)25(37-15(4)32)26(39-22)28-17-9-18-21(10-19(17)33)38-20-8-6-5-7-16(20)27-18/h5-10,22-26,28H,11H2,1-4H3/t22-,23-,24+,25-,26-/m1/s1. The number of carbonyl (C=O) groups is 4. The van der Waals surface area contributed by atoms with Gasteiger partial charge in [-0.15, -0.1) is 0 Å². The zero-order valence-electron chi connectivity index (χ0n) is 21.5. The highest BCUT2D eigenvalue weighted by atomic mass is 16.7. The van der Waals surface area contributed by atoms with Crippen molar-refractivity contribution < 1.29 is 47.3 Å². The van der Waals surface area contributed by atoms with Crippen molar-refractivity contribution in [2.75, 3.05) is 11.9 Å². The van der Waals surface area contributed by atoms with Gasteiger partial charge in [0.15, 0.2) is 35.9 Å². The van der Waals surface area contributed by atoms with Gasteiger partial charge in [0.2, 0.25) is 5.43 Å². The number of nitrogens with one attached hydrogen (secondary N) is 1. The summed E-state index contributed by atoms with van der Waals surface area (Å²) < 4.78 is 33.0. The first-order valence-electron chi connectivity index (χ1n) is 11.9. The summed E-state index contributed by atoms with van der Waals surface area (Å²) in [5.74, 6) is -2.69. The Labute approximate surface area is 221 Å². The van der Waals surface area contributed by atoms with Crippen molar-refractivity contribution in [3.8, 4) is 11.5 Å². The van der Waals surface area contributed by atoms with Crippen molar-refractivity contribution in [1.82, 2.24) is 4.98 Å². The lowest BCUT2D eigenvalue weighted by Crippen LogP contribution is -2.64. The first-order valence-corrected chi connectivity index (χ1v) is 11.9. The van der Waals surface area contributed by atoms with Crippen LogP contribution in [0.5, 0.6) is 0 Å². The number of fused-ring (bicyclic) bond motifs is 2. The molecule has 5 atom stereocenters. The Kier molecular flexibility index (Phi) is 8.10. The number of aromatic nitrogens is 1. The zero-order chi connectivity index (χ0) is 28.3. The summed E-state index contributed by atoms with van der Waals surface area (Å²) in [6, 6.07) is 9.70. The molecule has 0 spiro atoms. The van der Waals surface area contributed by atoms with E-state index in [1.165, 1.54) is 19.1 Å². The Balaban J connectivity index is 1.75. The predicted octanol–water partition coefficient (Wildman–Crippen LogP) is 1.79. The van der Waals surface area contributed by atoms with Crippen molar-refractivity contribution in [2.45, 2.75) is 58.3 Å². The number of benzene rings is 2. The molecule has 0 unspecified atom stereocenters. The summed E-state index contributed by atoms with van der Waals surface area (Å²) in [6.07, 6.45) is -6.56. The molecular formula is C26H26N2O11. The zero-order valence-corrected chi connectivity index (χ0v) is 21.5. The minimum atomic E-state index is -1.38. The molecule has 1 aromatic carbocycles. The lowest BCUT2D eigenvalue weighted by atomic mass is 9.97. The second-order valence-corrected chi connectivity index (χ2v) is 8.76. The molecule has 0 bridgehead atoms. The van der Waals surface area contributed by atoms with Gasteiger partial charge in [-0.3, -0.25) is 24.0 Å². The van der Waals surface area contributed by atoms with Gasteiger partial charge >= 0.3 is 23.9 Å². The number of rotatable bonds is 7. The van der Waals surface area contributed by atoms with Crippen molar-refractivity contribution >= 4 is 40.7 Å². The van der Waals surface area contributed by atoms with Crippen LogP contribution in [0.4, 0.5) is 5.69 Å². The van der Waals surface area contributed by atoms with E-state index in [1.54, 1.807) is 24.3 Å².